The number of ketones is 1. The van der Waals surface area contributed by atoms with Gasteiger partial charge in [-0.1, -0.05) is 0 Å². The molecule has 0 spiro atoms. The number of thiol groups is 1. The molecule has 0 saturated heterocycles. The molecule has 64 valence electrons. The number of hydrogen-bond acceptors (Lipinski definition) is 4. The summed E-state index contributed by atoms with van der Waals surface area (Å²) < 4.78 is 3.77. The molecule has 4 heteroatoms. The maximum absolute atomic E-state index is 11.0. The first kappa shape index (κ1) is 10.5. The Balaban J connectivity index is 3.80. The fourth-order valence-corrected chi connectivity index (χ4v) is 0.408. The molecule has 0 amide bonds. The van der Waals surface area contributed by atoms with Crippen LogP contribution < -0.4 is 0 Å². The number of Topliss-reactive ketones (excluding diaryl/α,β-unsaturated/α-hetero) is 1. The van der Waals surface area contributed by atoms with E-state index in [0.29, 0.717) is 0 Å². The monoisotopic (exact) mass is 176 g/mol. The van der Waals surface area contributed by atoms with Crippen LogP contribution in [0.25, 0.3) is 0 Å². The maximum atomic E-state index is 11.0. The summed E-state index contributed by atoms with van der Waals surface area (Å²) >= 11 is 4.01. The van der Waals surface area contributed by atoms with Crippen LogP contribution >= 0.6 is 12.6 Å². The molecule has 0 aliphatic heterocycles. The van der Waals surface area contributed by atoms with Crippen molar-refractivity contribution < 1.29 is 14.3 Å². The molecule has 0 aromatic rings. The minimum Gasteiger partial charge on any atom is -0.458 e. The van der Waals surface area contributed by atoms with Crippen LogP contribution in [0, 0.1) is 0 Å². The maximum Gasteiger partial charge on any atom is 0.303 e. The van der Waals surface area contributed by atoms with E-state index < -0.39 is 10.7 Å². The van der Waals surface area contributed by atoms with Gasteiger partial charge in [-0.2, -0.15) is 12.6 Å². The minimum absolute atomic E-state index is 0.189. The lowest BCUT2D eigenvalue weighted by atomic mass is 10.1. The van der Waals surface area contributed by atoms with E-state index >= 15 is 0 Å². The standard InChI is InChI=1S/C7H12O3S/c1-5(8)10-4-6(9)7(2,3)11/h11H,4H2,1-3H3. The number of esters is 1. The molecule has 3 nitrogen and oxygen atoms in total. The number of carbonyl (C=O) groups excluding carboxylic acids is 2. The van der Waals surface area contributed by atoms with Gasteiger partial charge in [0.05, 0.1) is 4.75 Å². The number of rotatable bonds is 3. The van der Waals surface area contributed by atoms with Crippen LogP contribution in [0.2, 0.25) is 0 Å². The van der Waals surface area contributed by atoms with Crippen molar-refractivity contribution in [3.8, 4) is 0 Å². The van der Waals surface area contributed by atoms with Crippen molar-refractivity contribution in [1.82, 2.24) is 0 Å². The average Bonchev–Trinajstić information content (AvgIpc) is 1.80. The highest BCUT2D eigenvalue weighted by Gasteiger charge is 2.22. The smallest absolute Gasteiger partial charge is 0.303 e. The quantitative estimate of drug-likeness (QED) is 0.511. The molecule has 11 heavy (non-hydrogen) atoms. The second-order valence-corrected chi connectivity index (χ2v) is 3.88. The highest BCUT2D eigenvalue weighted by atomic mass is 32.1. The van der Waals surface area contributed by atoms with E-state index in [4.69, 9.17) is 0 Å². The average molecular weight is 176 g/mol. The molecule has 0 bridgehead atoms. The van der Waals surface area contributed by atoms with Crippen LogP contribution in [0.1, 0.15) is 20.8 Å². The zero-order chi connectivity index (χ0) is 9.07. The summed E-state index contributed by atoms with van der Waals surface area (Å²) in [5, 5.41) is 0. The van der Waals surface area contributed by atoms with Gasteiger partial charge >= 0.3 is 5.97 Å². The van der Waals surface area contributed by atoms with Crippen molar-refractivity contribution >= 4 is 24.4 Å². The first-order valence-corrected chi connectivity index (χ1v) is 3.68. The first-order valence-electron chi connectivity index (χ1n) is 3.23. The van der Waals surface area contributed by atoms with Crippen molar-refractivity contribution in [3.63, 3.8) is 0 Å². The van der Waals surface area contributed by atoms with E-state index in [2.05, 4.69) is 17.4 Å². The molecule has 0 fully saturated rings. The molecule has 0 saturated carbocycles. The molecule has 0 aromatic carbocycles. The fourth-order valence-electron chi connectivity index (χ4n) is 0.344. The molecule has 0 unspecified atom stereocenters. The predicted molar refractivity (Wildman–Crippen MR) is 44.7 cm³/mol. The Hall–Kier alpha value is -0.510. The molecule has 0 radical (unpaired) electrons. The molecular weight excluding hydrogens is 164 g/mol. The van der Waals surface area contributed by atoms with Crippen molar-refractivity contribution in [3.05, 3.63) is 0 Å². The first-order chi connectivity index (χ1) is 4.84. The van der Waals surface area contributed by atoms with Crippen molar-refractivity contribution in [1.29, 1.82) is 0 Å². The molecule has 0 heterocycles. The van der Waals surface area contributed by atoms with Gasteiger partial charge in [0.25, 0.3) is 0 Å². The minimum atomic E-state index is -0.727. The zero-order valence-electron chi connectivity index (χ0n) is 6.88. The summed E-state index contributed by atoms with van der Waals surface area (Å²) in [6.07, 6.45) is 0. The van der Waals surface area contributed by atoms with Gasteiger partial charge in [-0.05, 0) is 13.8 Å². The third-order valence-electron chi connectivity index (χ3n) is 1.09. The molecular formula is C7H12O3S. The van der Waals surface area contributed by atoms with E-state index in [9.17, 15) is 9.59 Å². The predicted octanol–water partition coefficient (Wildman–Crippen LogP) is 0.827. The van der Waals surface area contributed by atoms with Gasteiger partial charge in [0, 0.05) is 6.92 Å². The summed E-state index contributed by atoms with van der Waals surface area (Å²) in [6, 6.07) is 0. The van der Waals surface area contributed by atoms with Crippen LogP contribution in [0.15, 0.2) is 0 Å². The Labute approximate surface area is 71.5 Å². The Morgan fingerprint density at radius 1 is 1.45 bits per heavy atom. The van der Waals surface area contributed by atoms with Crippen LogP contribution in [0.4, 0.5) is 0 Å². The Morgan fingerprint density at radius 3 is 2.18 bits per heavy atom. The molecule has 0 aliphatic carbocycles. The van der Waals surface area contributed by atoms with Gasteiger partial charge in [-0.25, -0.2) is 0 Å². The Kier molecular flexibility index (Phi) is 3.58. The van der Waals surface area contributed by atoms with Crippen LogP contribution in [0.5, 0.6) is 0 Å². The second-order valence-electron chi connectivity index (χ2n) is 2.76. The summed E-state index contributed by atoms with van der Waals surface area (Å²) in [5.41, 5.74) is 0. The fraction of sp³-hybridized carbons (Fsp3) is 0.714. The second kappa shape index (κ2) is 3.76. The summed E-state index contributed by atoms with van der Waals surface area (Å²) in [7, 11) is 0. The van der Waals surface area contributed by atoms with Crippen LogP contribution in [-0.2, 0) is 14.3 Å². The van der Waals surface area contributed by atoms with Crippen molar-refractivity contribution in [2.24, 2.45) is 0 Å². The Bertz CT molecular complexity index is 169. The largest absolute Gasteiger partial charge is 0.458 e. The third kappa shape index (κ3) is 4.84. The zero-order valence-corrected chi connectivity index (χ0v) is 7.77. The van der Waals surface area contributed by atoms with E-state index in [1.807, 2.05) is 0 Å². The van der Waals surface area contributed by atoms with Gasteiger partial charge in [-0.3, -0.25) is 9.59 Å². The molecule has 0 aliphatic rings. The van der Waals surface area contributed by atoms with Gasteiger partial charge < -0.3 is 4.74 Å². The lowest BCUT2D eigenvalue weighted by Gasteiger charge is -2.14. The molecule has 0 N–H and O–H groups in total. The van der Waals surface area contributed by atoms with Gasteiger partial charge in [0.1, 0.15) is 0 Å². The molecule has 0 rings (SSSR count). The van der Waals surface area contributed by atoms with Crippen LogP contribution in [-0.4, -0.2) is 23.1 Å². The highest BCUT2D eigenvalue weighted by Crippen LogP contribution is 2.12. The van der Waals surface area contributed by atoms with Gasteiger partial charge in [-0.15, -0.1) is 0 Å². The number of ether oxygens (including phenoxy) is 1. The summed E-state index contributed by atoms with van der Waals surface area (Å²) in [4.78, 5) is 21.3. The third-order valence-corrected chi connectivity index (χ3v) is 1.34. The topological polar surface area (TPSA) is 43.4 Å². The van der Waals surface area contributed by atoms with E-state index in [1.165, 1.54) is 6.92 Å². The van der Waals surface area contributed by atoms with E-state index in [-0.39, 0.29) is 12.4 Å². The summed E-state index contributed by atoms with van der Waals surface area (Å²) in [6.45, 7) is 4.38. The lowest BCUT2D eigenvalue weighted by Crippen LogP contribution is -2.29. The summed E-state index contributed by atoms with van der Waals surface area (Å²) in [5.74, 6) is -0.646. The number of hydrogen-bond donors (Lipinski definition) is 1. The van der Waals surface area contributed by atoms with Crippen molar-refractivity contribution in [2.75, 3.05) is 6.61 Å². The number of carbonyl (C=O) groups is 2. The molecule has 0 atom stereocenters. The van der Waals surface area contributed by atoms with Crippen molar-refractivity contribution in [2.45, 2.75) is 25.5 Å². The lowest BCUT2D eigenvalue weighted by molar-refractivity contribution is -0.146. The molecule has 0 aromatic heterocycles. The highest BCUT2D eigenvalue weighted by molar-refractivity contribution is 7.82. The normalized spacial score (nSPS) is 10.9. The van der Waals surface area contributed by atoms with Gasteiger partial charge in [0.2, 0.25) is 0 Å². The van der Waals surface area contributed by atoms with E-state index in [0.717, 1.165) is 0 Å². The Morgan fingerprint density at radius 2 is 1.91 bits per heavy atom. The van der Waals surface area contributed by atoms with Crippen LogP contribution in [0.3, 0.4) is 0 Å². The van der Waals surface area contributed by atoms with Gasteiger partial charge in [0.15, 0.2) is 12.4 Å². The SMILES string of the molecule is CC(=O)OCC(=O)C(C)(C)S. The van der Waals surface area contributed by atoms with E-state index in [1.54, 1.807) is 13.8 Å².